The summed E-state index contributed by atoms with van der Waals surface area (Å²) < 4.78 is 0. The summed E-state index contributed by atoms with van der Waals surface area (Å²) in [6.45, 7) is 8.42. The molecule has 0 bridgehead atoms. The van der Waals surface area contributed by atoms with Gasteiger partial charge in [-0.15, -0.1) is 0 Å². The first kappa shape index (κ1) is 16.1. The van der Waals surface area contributed by atoms with E-state index in [0.29, 0.717) is 5.69 Å². The number of hydrogen-bond acceptors (Lipinski definition) is 2. The van der Waals surface area contributed by atoms with Gasteiger partial charge in [-0.1, -0.05) is 12.5 Å². The summed E-state index contributed by atoms with van der Waals surface area (Å²) in [5.74, 6) is -0.00287. The second-order valence-electron chi connectivity index (χ2n) is 6.74. The quantitative estimate of drug-likeness (QED) is 0.831. The van der Waals surface area contributed by atoms with E-state index < -0.39 is 0 Å². The molecule has 0 aliphatic carbocycles. The number of carbonyl (C=O) groups excluding carboxylic acids is 1. The summed E-state index contributed by atoms with van der Waals surface area (Å²) in [5.41, 5.74) is 4.12. The zero-order valence-electron chi connectivity index (χ0n) is 14.2. The molecule has 4 heteroatoms. The molecule has 4 nitrogen and oxygen atoms in total. The molecule has 1 aliphatic heterocycles. The number of likely N-dealkylation sites (tertiary alicyclic amines) is 1. The molecule has 0 atom stereocenters. The maximum absolute atomic E-state index is 12.3. The minimum Gasteiger partial charge on any atom is -0.351 e. The molecule has 0 unspecified atom stereocenters. The van der Waals surface area contributed by atoms with Crippen molar-refractivity contribution < 1.29 is 4.79 Å². The van der Waals surface area contributed by atoms with Crippen LogP contribution in [0.25, 0.3) is 10.9 Å². The number of nitrogens with one attached hydrogen (secondary N) is 2. The Morgan fingerprint density at radius 1 is 1.17 bits per heavy atom. The fourth-order valence-corrected chi connectivity index (χ4v) is 3.50. The average Bonchev–Trinajstić information content (AvgIpc) is 2.97. The lowest BCUT2D eigenvalue weighted by molar-refractivity contribution is 0.0947. The van der Waals surface area contributed by atoms with Crippen LogP contribution in [0.1, 0.15) is 47.3 Å². The minimum absolute atomic E-state index is 0.00287. The van der Waals surface area contributed by atoms with Gasteiger partial charge in [0.05, 0.1) is 0 Å². The predicted octanol–water partition coefficient (Wildman–Crippen LogP) is 3.39. The van der Waals surface area contributed by atoms with Gasteiger partial charge in [-0.3, -0.25) is 4.79 Å². The van der Waals surface area contributed by atoms with E-state index >= 15 is 0 Å². The molecular formula is C19H27N3O. The second-order valence-corrected chi connectivity index (χ2v) is 6.74. The highest BCUT2D eigenvalue weighted by Crippen LogP contribution is 2.21. The molecular weight excluding hydrogens is 286 g/mol. The number of carbonyl (C=O) groups is 1. The lowest BCUT2D eigenvalue weighted by atomic mass is 10.1. The van der Waals surface area contributed by atoms with Gasteiger partial charge in [0.2, 0.25) is 0 Å². The van der Waals surface area contributed by atoms with Crippen molar-refractivity contribution >= 4 is 16.8 Å². The monoisotopic (exact) mass is 313 g/mol. The molecule has 124 valence electrons. The molecule has 23 heavy (non-hydrogen) atoms. The van der Waals surface area contributed by atoms with Crippen LogP contribution in [-0.4, -0.2) is 42.0 Å². The summed E-state index contributed by atoms with van der Waals surface area (Å²) >= 11 is 0. The molecule has 2 heterocycles. The molecule has 3 rings (SSSR count). The van der Waals surface area contributed by atoms with Crippen molar-refractivity contribution in [1.82, 2.24) is 15.2 Å². The first-order chi connectivity index (χ1) is 11.1. The van der Waals surface area contributed by atoms with E-state index in [1.165, 1.54) is 43.5 Å². The number of aromatic amines is 1. The van der Waals surface area contributed by atoms with Crippen LogP contribution in [0.3, 0.4) is 0 Å². The highest BCUT2D eigenvalue weighted by Gasteiger charge is 2.12. The fraction of sp³-hybridized carbons (Fsp3) is 0.526. The van der Waals surface area contributed by atoms with E-state index in [2.05, 4.69) is 41.2 Å². The highest BCUT2D eigenvalue weighted by molar-refractivity contribution is 5.98. The van der Waals surface area contributed by atoms with Gasteiger partial charge in [0.25, 0.3) is 5.91 Å². The third kappa shape index (κ3) is 3.94. The first-order valence-corrected chi connectivity index (χ1v) is 8.74. The van der Waals surface area contributed by atoms with Crippen LogP contribution in [0.2, 0.25) is 0 Å². The Balaban J connectivity index is 1.53. The molecule has 2 aromatic rings. The topological polar surface area (TPSA) is 48.1 Å². The van der Waals surface area contributed by atoms with Crippen LogP contribution in [0.5, 0.6) is 0 Å². The summed E-state index contributed by atoms with van der Waals surface area (Å²) in [6.07, 6.45) is 5.02. The van der Waals surface area contributed by atoms with Gasteiger partial charge < -0.3 is 15.2 Å². The normalized spacial score (nSPS) is 15.9. The molecule has 1 aliphatic rings. The van der Waals surface area contributed by atoms with Crippen LogP contribution >= 0.6 is 0 Å². The number of amides is 1. The smallest absolute Gasteiger partial charge is 0.267 e. The van der Waals surface area contributed by atoms with Gasteiger partial charge in [0.15, 0.2) is 0 Å². The first-order valence-electron chi connectivity index (χ1n) is 8.74. The molecule has 1 aromatic heterocycles. The van der Waals surface area contributed by atoms with Crippen LogP contribution in [0.15, 0.2) is 18.2 Å². The number of piperidine rings is 1. The van der Waals surface area contributed by atoms with Gasteiger partial charge >= 0.3 is 0 Å². The number of fused-ring (bicyclic) bond motifs is 1. The van der Waals surface area contributed by atoms with Gasteiger partial charge in [0, 0.05) is 17.4 Å². The second kappa shape index (κ2) is 7.18. The molecule has 0 saturated carbocycles. The molecule has 0 spiro atoms. The SMILES string of the molecule is Cc1cc(C)c2cc(C(=O)NCCCN3CCCCC3)[nH]c2c1. The van der Waals surface area contributed by atoms with Crippen LogP contribution in [0.4, 0.5) is 0 Å². The minimum atomic E-state index is -0.00287. The predicted molar refractivity (Wildman–Crippen MR) is 95.0 cm³/mol. The van der Waals surface area contributed by atoms with Crippen LogP contribution in [-0.2, 0) is 0 Å². The summed E-state index contributed by atoms with van der Waals surface area (Å²) in [4.78, 5) is 18.1. The Labute approximate surface area is 138 Å². The zero-order chi connectivity index (χ0) is 16.2. The van der Waals surface area contributed by atoms with E-state index in [0.717, 1.165) is 30.4 Å². The Kier molecular flexibility index (Phi) is 5.01. The Morgan fingerprint density at radius 3 is 2.74 bits per heavy atom. The fourth-order valence-electron chi connectivity index (χ4n) is 3.50. The Bertz CT molecular complexity index is 683. The number of aryl methyl sites for hydroxylation is 2. The van der Waals surface area contributed by atoms with Crippen molar-refractivity contribution in [2.75, 3.05) is 26.2 Å². The van der Waals surface area contributed by atoms with E-state index in [1.54, 1.807) is 0 Å². The van der Waals surface area contributed by atoms with Crippen molar-refractivity contribution in [2.24, 2.45) is 0 Å². The summed E-state index contributed by atoms with van der Waals surface area (Å²) in [7, 11) is 0. The number of nitrogens with zero attached hydrogens (tertiary/aromatic N) is 1. The number of hydrogen-bond donors (Lipinski definition) is 2. The summed E-state index contributed by atoms with van der Waals surface area (Å²) in [6, 6.07) is 6.20. The number of aromatic nitrogens is 1. The third-order valence-electron chi connectivity index (χ3n) is 4.72. The van der Waals surface area contributed by atoms with Gasteiger partial charge in [-0.2, -0.15) is 0 Å². The van der Waals surface area contributed by atoms with E-state index in [9.17, 15) is 4.79 Å². The molecule has 1 aromatic carbocycles. The number of rotatable bonds is 5. The Morgan fingerprint density at radius 2 is 1.96 bits per heavy atom. The van der Waals surface area contributed by atoms with E-state index in [-0.39, 0.29) is 5.91 Å². The van der Waals surface area contributed by atoms with Crippen molar-refractivity contribution in [2.45, 2.75) is 39.5 Å². The average molecular weight is 313 g/mol. The largest absolute Gasteiger partial charge is 0.351 e. The molecule has 1 saturated heterocycles. The van der Waals surface area contributed by atoms with Crippen LogP contribution in [0, 0.1) is 13.8 Å². The molecule has 2 N–H and O–H groups in total. The number of H-pyrrole nitrogens is 1. The van der Waals surface area contributed by atoms with E-state index in [4.69, 9.17) is 0 Å². The molecule has 1 fully saturated rings. The maximum Gasteiger partial charge on any atom is 0.267 e. The lowest BCUT2D eigenvalue weighted by Crippen LogP contribution is -2.33. The standard InChI is InChI=1S/C19H27N3O/c1-14-11-15(2)16-13-18(21-17(16)12-14)19(23)20-7-6-10-22-8-4-3-5-9-22/h11-13,21H,3-10H2,1-2H3,(H,20,23). The zero-order valence-corrected chi connectivity index (χ0v) is 14.2. The molecule has 1 amide bonds. The van der Waals surface area contributed by atoms with Crippen LogP contribution < -0.4 is 5.32 Å². The van der Waals surface area contributed by atoms with Crippen molar-refractivity contribution in [3.05, 3.63) is 35.0 Å². The van der Waals surface area contributed by atoms with Gasteiger partial charge in [0.1, 0.15) is 5.69 Å². The summed E-state index contributed by atoms with van der Waals surface area (Å²) in [5, 5.41) is 4.17. The maximum atomic E-state index is 12.3. The van der Waals surface area contributed by atoms with Crippen molar-refractivity contribution in [1.29, 1.82) is 0 Å². The molecule has 0 radical (unpaired) electrons. The van der Waals surface area contributed by atoms with E-state index in [1.807, 2.05) is 6.07 Å². The van der Waals surface area contributed by atoms with Crippen molar-refractivity contribution in [3.8, 4) is 0 Å². The lowest BCUT2D eigenvalue weighted by Gasteiger charge is -2.26. The van der Waals surface area contributed by atoms with Gasteiger partial charge in [-0.25, -0.2) is 0 Å². The third-order valence-corrected chi connectivity index (χ3v) is 4.72. The van der Waals surface area contributed by atoms with Crippen molar-refractivity contribution in [3.63, 3.8) is 0 Å². The number of benzene rings is 1. The Hall–Kier alpha value is -1.81. The highest BCUT2D eigenvalue weighted by atomic mass is 16.1. The van der Waals surface area contributed by atoms with Gasteiger partial charge in [-0.05, 0) is 76.0 Å².